The largest absolute Gasteiger partial charge is 0.436 e. The number of para-hydroxylation sites is 1. The lowest BCUT2D eigenvalue weighted by atomic mass is 10.2. The topological polar surface area (TPSA) is 129 Å². The van der Waals surface area contributed by atoms with Crippen LogP contribution in [0.15, 0.2) is 47.4 Å². The number of benzene rings is 1. The summed E-state index contributed by atoms with van der Waals surface area (Å²) in [6, 6.07) is 10.7. The molecule has 150 valence electrons. The number of aliphatic hydroxyl groups excluding tert-OH is 1. The third kappa shape index (κ3) is 5.52. The molecule has 0 radical (unpaired) electrons. The molecule has 0 amide bonds. The van der Waals surface area contributed by atoms with Gasteiger partial charge in [-0.2, -0.15) is 4.98 Å². The molecule has 0 aliphatic carbocycles. The molecule has 4 atom stereocenters. The van der Waals surface area contributed by atoms with Gasteiger partial charge in [0.05, 0.1) is 19.3 Å². The van der Waals surface area contributed by atoms with Crippen LogP contribution in [0.3, 0.4) is 0 Å². The van der Waals surface area contributed by atoms with Crippen molar-refractivity contribution >= 4 is 32.4 Å². The van der Waals surface area contributed by atoms with Gasteiger partial charge in [0.15, 0.2) is 0 Å². The number of aliphatic hydroxyl groups is 1. The van der Waals surface area contributed by atoms with E-state index in [4.69, 9.17) is 14.8 Å². The summed E-state index contributed by atoms with van der Waals surface area (Å²) in [6.45, 7) is 0.397. The number of anilines is 1. The van der Waals surface area contributed by atoms with Gasteiger partial charge in [-0.25, -0.2) is 9.88 Å². The normalized spacial score (nSPS) is 22.7. The Morgan fingerprint density at radius 1 is 1.39 bits per heavy atom. The molecule has 28 heavy (non-hydrogen) atoms. The predicted octanol–water partition coefficient (Wildman–Crippen LogP) is 1.30. The van der Waals surface area contributed by atoms with Crippen molar-refractivity contribution in [3.05, 3.63) is 53.1 Å². The first-order valence-electron chi connectivity index (χ1n) is 8.58. The van der Waals surface area contributed by atoms with Crippen molar-refractivity contribution in [2.75, 3.05) is 18.9 Å². The van der Waals surface area contributed by atoms with Gasteiger partial charge in [0.2, 0.25) is 0 Å². The van der Waals surface area contributed by atoms with Crippen LogP contribution in [0.2, 0.25) is 0 Å². The molecular weight excluding hydrogens is 403 g/mol. The van der Waals surface area contributed by atoms with E-state index in [2.05, 4.69) is 10.1 Å². The number of nitrogens with two attached hydrogens (primary N) is 1. The van der Waals surface area contributed by atoms with Crippen molar-refractivity contribution in [3.8, 4) is 5.75 Å². The molecule has 1 aromatic carbocycles. The maximum Gasteiger partial charge on any atom is 0.350 e. The lowest BCUT2D eigenvalue weighted by Gasteiger charge is -2.19. The average Bonchev–Trinajstić information content (AvgIpc) is 3.05. The molecule has 1 fully saturated rings. The highest BCUT2D eigenvalue weighted by Gasteiger charge is 2.36. The molecule has 2 aromatic rings. The molecule has 1 saturated heterocycles. The van der Waals surface area contributed by atoms with Gasteiger partial charge in [-0.05, 0) is 24.6 Å². The van der Waals surface area contributed by atoms with Crippen molar-refractivity contribution in [2.24, 2.45) is 0 Å². The Morgan fingerprint density at radius 2 is 2.18 bits per heavy atom. The number of thioether (sulfide) groups is 1. The fraction of sp³-hybridized carbons (Fsp3) is 0.353. The summed E-state index contributed by atoms with van der Waals surface area (Å²) < 4.78 is 13.0. The van der Waals surface area contributed by atoms with Crippen LogP contribution in [-0.4, -0.2) is 45.4 Å². The molecule has 1 aliphatic rings. The van der Waals surface area contributed by atoms with Crippen LogP contribution in [0.5, 0.6) is 5.75 Å². The first kappa shape index (κ1) is 20.8. The highest BCUT2D eigenvalue weighted by Crippen LogP contribution is 2.43. The molecule has 0 saturated carbocycles. The van der Waals surface area contributed by atoms with Crippen LogP contribution < -0.4 is 21.0 Å². The zero-order valence-electron chi connectivity index (χ0n) is 14.9. The predicted molar refractivity (Wildman–Crippen MR) is 108 cm³/mol. The molecule has 0 bridgehead atoms. The SMILES string of the molecule is Nc1ccn(C2SC(COP(NCC=O)Oc3ccccc3)CC2O)c(=O)n1. The monoisotopic (exact) mass is 424 g/mol. The average molecular weight is 424 g/mol. The number of hydrogen-bond acceptors (Lipinski definition) is 9. The Hall–Kier alpha value is -1.97. The number of rotatable bonds is 9. The van der Waals surface area contributed by atoms with Crippen LogP contribution in [0, 0.1) is 0 Å². The maximum atomic E-state index is 12.0. The number of nitrogen functional groups attached to an aromatic ring is 1. The number of aromatic nitrogens is 2. The quantitative estimate of drug-likeness (QED) is 0.403. The van der Waals surface area contributed by atoms with Crippen LogP contribution in [0.25, 0.3) is 0 Å². The van der Waals surface area contributed by atoms with E-state index in [0.717, 1.165) is 6.29 Å². The standard InChI is InChI=1S/C17H21N4O5PS/c18-15-6-8-21(17(24)20-15)16-14(23)10-13(28-16)11-25-27(19-7-9-22)26-12-4-2-1-3-5-12/h1-6,8-9,13-14,16,19,23H,7,10-11H2,(H2,18,20,24). The second-order valence-electron chi connectivity index (χ2n) is 5.98. The summed E-state index contributed by atoms with van der Waals surface area (Å²) in [5, 5.41) is 12.8. The molecule has 1 aromatic heterocycles. The Morgan fingerprint density at radius 3 is 2.89 bits per heavy atom. The van der Waals surface area contributed by atoms with Gasteiger partial charge < -0.3 is 24.7 Å². The zero-order valence-corrected chi connectivity index (χ0v) is 16.6. The summed E-state index contributed by atoms with van der Waals surface area (Å²) in [7, 11) is -1.53. The molecule has 11 heteroatoms. The lowest BCUT2D eigenvalue weighted by molar-refractivity contribution is -0.106. The Labute approximate surface area is 167 Å². The Balaban J connectivity index is 1.59. The molecule has 9 nitrogen and oxygen atoms in total. The Kier molecular flexibility index (Phi) is 7.41. The molecule has 1 aliphatic heterocycles. The number of aldehydes is 1. The molecule has 4 unspecified atom stereocenters. The van der Waals surface area contributed by atoms with Crippen molar-refractivity contribution < 1.29 is 18.9 Å². The van der Waals surface area contributed by atoms with Gasteiger partial charge in [0.25, 0.3) is 0 Å². The summed E-state index contributed by atoms with van der Waals surface area (Å²) in [5.74, 6) is 0.770. The summed E-state index contributed by atoms with van der Waals surface area (Å²) >= 11 is 1.43. The van der Waals surface area contributed by atoms with Crippen molar-refractivity contribution in [1.82, 2.24) is 14.6 Å². The fourth-order valence-electron chi connectivity index (χ4n) is 2.65. The van der Waals surface area contributed by atoms with Gasteiger partial charge in [0, 0.05) is 11.4 Å². The summed E-state index contributed by atoms with van der Waals surface area (Å²) in [6.07, 6.45) is 2.00. The number of hydrogen-bond donors (Lipinski definition) is 3. The molecule has 2 heterocycles. The highest BCUT2D eigenvalue weighted by molar-refractivity contribution is 8.00. The van der Waals surface area contributed by atoms with Crippen LogP contribution >= 0.6 is 20.3 Å². The summed E-state index contributed by atoms with van der Waals surface area (Å²) in [5.41, 5.74) is 5.02. The van der Waals surface area contributed by atoms with E-state index >= 15 is 0 Å². The Bertz CT molecular complexity index is 840. The first-order valence-corrected chi connectivity index (χ1v) is 10.7. The van der Waals surface area contributed by atoms with Gasteiger partial charge in [-0.15, -0.1) is 11.8 Å². The van der Waals surface area contributed by atoms with E-state index < -0.39 is 25.7 Å². The third-order valence-electron chi connectivity index (χ3n) is 3.90. The van der Waals surface area contributed by atoms with E-state index in [1.807, 2.05) is 18.2 Å². The maximum absolute atomic E-state index is 12.0. The van der Waals surface area contributed by atoms with E-state index in [-0.39, 0.29) is 17.6 Å². The minimum atomic E-state index is -1.53. The van der Waals surface area contributed by atoms with Gasteiger partial charge in [-0.3, -0.25) is 4.57 Å². The lowest BCUT2D eigenvalue weighted by Crippen LogP contribution is -2.29. The molecule has 3 rings (SSSR count). The second-order valence-corrected chi connectivity index (χ2v) is 8.67. The minimum absolute atomic E-state index is 0.0492. The number of nitrogens with one attached hydrogen (secondary N) is 1. The number of nitrogens with zero attached hydrogens (tertiary/aromatic N) is 2. The molecular formula is C17H21N4O5PS. The van der Waals surface area contributed by atoms with Gasteiger partial charge in [-0.1, -0.05) is 18.2 Å². The van der Waals surface area contributed by atoms with Crippen molar-refractivity contribution in [2.45, 2.75) is 23.1 Å². The van der Waals surface area contributed by atoms with Crippen LogP contribution in [-0.2, 0) is 9.32 Å². The molecule has 4 N–H and O–H groups in total. The van der Waals surface area contributed by atoms with Crippen molar-refractivity contribution in [3.63, 3.8) is 0 Å². The van der Waals surface area contributed by atoms with Gasteiger partial charge >= 0.3 is 14.2 Å². The van der Waals surface area contributed by atoms with E-state index in [0.29, 0.717) is 18.8 Å². The van der Waals surface area contributed by atoms with Crippen molar-refractivity contribution in [1.29, 1.82) is 0 Å². The third-order valence-corrected chi connectivity index (χ3v) is 6.64. The van der Waals surface area contributed by atoms with Crippen LogP contribution in [0.1, 0.15) is 11.8 Å². The van der Waals surface area contributed by atoms with E-state index in [9.17, 15) is 14.7 Å². The first-order chi connectivity index (χ1) is 13.6. The molecule has 0 spiro atoms. The highest BCUT2D eigenvalue weighted by atomic mass is 32.2. The summed E-state index contributed by atoms with van der Waals surface area (Å²) in [4.78, 5) is 26.4. The number of carbonyl (C=O) groups is 1. The van der Waals surface area contributed by atoms with Gasteiger partial charge in [0.1, 0.15) is 23.2 Å². The smallest absolute Gasteiger partial charge is 0.350 e. The fourth-order valence-corrected chi connectivity index (χ4v) is 5.25. The minimum Gasteiger partial charge on any atom is -0.436 e. The second kappa shape index (κ2) is 9.99. The van der Waals surface area contributed by atoms with Crippen LogP contribution in [0.4, 0.5) is 5.82 Å². The van der Waals surface area contributed by atoms with E-state index in [1.54, 1.807) is 12.1 Å². The zero-order chi connectivity index (χ0) is 19.9. The number of carbonyl (C=O) groups excluding carboxylic acids is 1. The van der Waals surface area contributed by atoms with E-state index in [1.165, 1.54) is 28.6 Å².